The Kier molecular flexibility index (Phi) is 4.05. The van der Waals surface area contributed by atoms with Crippen molar-refractivity contribution in [2.45, 2.75) is 26.9 Å². The third-order valence-electron chi connectivity index (χ3n) is 2.55. The Balaban J connectivity index is 3.20. The van der Waals surface area contributed by atoms with Crippen molar-refractivity contribution in [1.82, 2.24) is 4.57 Å². The molecule has 1 aromatic rings. The second-order valence-corrected chi connectivity index (χ2v) is 3.60. The fourth-order valence-corrected chi connectivity index (χ4v) is 1.68. The van der Waals surface area contributed by atoms with E-state index in [9.17, 15) is 4.79 Å². The SMILES string of the molecule is COCCn1c(C)cc(C)c(CN)c1=O. The highest BCUT2D eigenvalue weighted by Crippen LogP contribution is 2.05. The van der Waals surface area contributed by atoms with Crippen LogP contribution in [-0.2, 0) is 17.8 Å². The van der Waals surface area contributed by atoms with Gasteiger partial charge >= 0.3 is 0 Å². The Bertz CT molecular complexity index is 396. The number of aryl methyl sites for hydroxylation is 2. The van der Waals surface area contributed by atoms with Crippen molar-refractivity contribution in [3.8, 4) is 0 Å². The summed E-state index contributed by atoms with van der Waals surface area (Å²) < 4.78 is 6.68. The molecule has 1 rings (SSSR count). The van der Waals surface area contributed by atoms with Crippen molar-refractivity contribution in [3.05, 3.63) is 33.2 Å². The molecule has 0 aliphatic rings. The lowest BCUT2D eigenvalue weighted by atomic mass is 10.1. The zero-order chi connectivity index (χ0) is 11.4. The first-order valence-electron chi connectivity index (χ1n) is 5.00. The van der Waals surface area contributed by atoms with Crippen LogP contribution in [0.15, 0.2) is 10.9 Å². The van der Waals surface area contributed by atoms with E-state index in [0.717, 1.165) is 11.3 Å². The summed E-state index contributed by atoms with van der Waals surface area (Å²) in [6.07, 6.45) is 0. The molecule has 84 valence electrons. The highest BCUT2D eigenvalue weighted by molar-refractivity contribution is 5.25. The van der Waals surface area contributed by atoms with Crippen LogP contribution in [0.4, 0.5) is 0 Å². The maximum Gasteiger partial charge on any atom is 0.255 e. The van der Waals surface area contributed by atoms with Crippen molar-refractivity contribution >= 4 is 0 Å². The number of methoxy groups -OCH3 is 1. The lowest BCUT2D eigenvalue weighted by molar-refractivity contribution is 0.185. The highest BCUT2D eigenvalue weighted by Gasteiger charge is 2.08. The van der Waals surface area contributed by atoms with E-state index in [1.54, 1.807) is 11.7 Å². The Labute approximate surface area is 89.7 Å². The van der Waals surface area contributed by atoms with Crippen molar-refractivity contribution in [3.63, 3.8) is 0 Å². The number of pyridine rings is 1. The molecule has 2 N–H and O–H groups in total. The number of hydrogen-bond donors (Lipinski definition) is 1. The Morgan fingerprint density at radius 2 is 2.13 bits per heavy atom. The molecule has 4 nitrogen and oxygen atoms in total. The van der Waals surface area contributed by atoms with E-state index >= 15 is 0 Å². The lowest BCUT2D eigenvalue weighted by Crippen LogP contribution is -2.29. The molecule has 15 heavy (non-hydrogen) atoms. The molecule has 0 amide bonds. The van der Waals surface area contributed by atoms with E-state index in [-0.39, 0.29) is 12.1 Å². The summed E-state index contributed by atoms with van der Waals surface area (Å²) in [7, 11) is 1.62. The quantitative estimate of drug-likeness (QED) is 0.790. The largest absolute Gasteiger partial charge is 0.383 e. The van der Waals surface area contributed by atoms with Crippen LogP contribution in [0.1, 0.15) is 16.8 Å². The molecular weight excluding hydrogens is 192 g/mol. The van der Waals surface area contributed by atoms with Crippen LogP contribution in [0.2, 0.25) is 0 Å². The van der Waals surface area contributed by atoms with Gasteiger partial charge in [0.05, 0.1) is 6.61 Å². The van der Waals surface area contributed by atoms with Gasteiger partial charge in [-0.3, -0.25) is 4.79 Å². The van der Waals surface area contributed by atoms with Gasteiger partial charge in [-0.15, -0.1) is 0 Å². The lowest BCUT2D eigenvalue weighted by Gasteiger charge is -2.13. The van der Waals surface area contributed by atoms with Crippen LogP contribution in [0.3, 0.4) is 0 Å². The molecule has 0 aromatic carbocycles. The van der Waals surface area contributed by atoms with Gasteiger partial charge in [-0.1, -0.05) is 0 Å². The molecule has 1 aromatic heterocycles. The second-order valence-electron chi connectivity index (χ2n) is 3.60. The predicted molar refractivity (Wildman–Crippen MR) is 59.9 cm³/mol. The Morgan fingerprint density at radius 1 is 1.47 bits per heavy atom. The van der Waals surface area contributed by atoms with Gasteiger partial charge in [-0.05, 0) is 25.5 Å². The summed E-state index contributed by atoms with van der Waals surface area (Å²) in [5.74, 6) is 0. The van der Waals surface area contributed by atoms with E-state index in [0.29, 0.717) is 18.7 Å². The smallest absolute Gasteiger partial charge is 0.255 e. The molecule has 0 atom stereocenters. The molecule has 0 saturated heterocycles. The summed E-state index contributed by atoms with van der Waals surface area (Å²) in [4.78, 5) is 12.0. The number of ether oxygens (including phenoxy) is 1. The van der Waals surface area contributed by atoms with Gasteiger partial charge in [0.15, 0.2) is 0 Å². The van der Waals surface area contributed by atoms with Crippen molar-refractivity contribution < 1.29 is 4.74 Å². The molecular formula is C11H18N2O2. The molecule has 1 heterocycles. The van der Waals surface area contributed by atoms with Crippen LogP contribution >= 0.6 is 0 Å². The first kappa shape index (κ1) is 11.9. The van der Waals surface area contributed by atoms with E-state index in [2.05, 4.69) is 0 Å². The van der Waals surface area contributed by atoms with Gasteiger partial charge in [0.1, 0.15) is 0 Å². The summed E-state index contributed by atoms with van der Waals surface area (Å²) >= 11 is 0. The third kappa shape index (κ3) is 2.46. The van der Waals surface area contributed by atoms with Gasteiger partial charge < -0.3 is 15.0 Å². The Hall–Kier alpha value is -1.13. The maximum absolute atomic E-state index is 12.0. The summed E-state index contributed by atoms with van der Waals surface area (Å²) in [5.41, 5.74) is 8.17. The molecule has 0 unspecified atom stereocenters. The van der Waals surface area contributed by atoms with Gasteiger partial charge in [0.2, 0.25) is 0 Å². The average Bonchev–Trinajstić information content (AvgIpc) is 2.17. The predicted octanol–water partition coefficient (Wildman–Crippen LogP) is 0.570. The summed E-state index contributed by atoms with van der Waals surface area (Å²) in [6.45, 7) is 5.24. The number of nitrogens with zero attached hydrogens (tertiary/aromatic N) is 1. The molecule has 0 spiro atoms. The number of aromatic nitrogens is 1. The fraction of sp³-hybridized carbons (Fsp3) is 0.545. The third-order valence-corrected chi connectivity index (χ3v) is 2.55. The van der Waals surface area contributed by atoms with Gasteiger partial charge in [0.25, 0.3) is 5.56 Å². The zero-order valence-electron chi connectivity index (χ0n) is 9.54. The number of hydrogen-bond acceptors (Lipinski definition) is 3. The molecule has 4 heteroatoms. The monoisotopic (exact) mass is 210 g/mol. The van der Waals surface area contributed by atoms with Crippen LogP contribution in [-0.4, -0.2) is 18.3 Å². The fourth-order valence-electron chi connectivity index (χ4n) is 1.68. The molecule has 0 fully saturated rings. The standard InChI is InChI=1S/C11H18N2O2/c1-8-6-9(2)13(4-5-15-3)11(14)10(8)7-12/h6H,4-5,7,12H2,1-3H3. The van der Waals surface area contributed by atoms with E-state index in [4.69, 9.17) is 10.5 Å². The minimum absolute atomic E-state index is 0.00653. The summed E-state index contributed by atoms with van der Waals surface area (Å²) in [6, 6.07) is 1.99. The second kappa shape index (κ2) is 5.09. The molecule has 0 bridgehead atoms. The Morgan fingerprint density at radius 3 is 2.67 bits per heavy atom. The minimum atomic E-state index is 0.00653. The van der Waals surface area contributed by atoms with E-state index < -0.39 is 0 Å². The van der Waals surface area contributed by atoms with Crippen molar-refractivity contribution in [1.29, 1.82) is 0 Å². The van der Waals surface area contributed by atoms with Gasteiger partial charge in [-0.25, -0.2) is 0 Å². The van der Waals surface area contributed by atoms with Crippen LogP contribution in [0.5, 0.6) is 0 Å². The number of rotatable bonds is 4. The van der Waals surface area contributed by atoms with Crippen molar-refractivity contribution in [2.75, 3.05) is 13.7 Å². The van der Waals surface area contributed by atoms with Crippen molar-refractivity contribution in [2.24, 2.45) is 5.73 Å². The average molecular weight is 210 g/mol. The highest BCUT2D eigenvalue weighted by atomic mass is 16.5. The van der Waals surface area contributed by atoms with Gasteiger partial charge in [-0.2, -0.15) is 0 Å². The normalized spacial score (nSPS) is 10.7. The van der Waals surface area contributed by atoms with Crippen LogP contribution in [0, 0.1) is 13.8 Å². The molecule has 0 aliphatic carbocycles. The van der Waals surface area contributed by atoms with E-state index in [1.165, 1.54) is 0 Å². The van der Waals surface area contributed by atoms with Crippen LogP contribution in [0.25, 0.3) is 0 Å². The summed E-state index contributed by atoms with van der Waals surface area (Å²) in [5, 5.41) is 0. The first-order valence-corrected chi connectivity index (χ1v) is 5.00. The molecule has 0 aliphatic heterocycles. The minimum Gasteiger partial charge on any atom is -0.383 e. The molecule has 0 saturated carbocycles. The van der Waals surface area contributed by atoms with Crippen LogP contribution < -0.4 is 11.3 Å². The molecule has 0 radical (unpaired) electrons. The topological polar surface area (TPSA) is 57.2 Å². The van der Waals surface area contributed by atoms with Gasteiger partial charge in [0, 0.05) is 31.5 Å². The number of nitrogens with two attached hydrogens (primary N) is 1. The first-order chi connectivity index (χ1) is 7.11. The zero-order valence-corrected chi connectivity index (χ0v) is 9.54. The maximum atomic E-state index is 12.0. The van der Waals surface area contributed by atoms with E-state index in [1.807, 2.05) is 19.9 Å².